The number of aromatic nitrogens is 2. The van der Waals surface area contributed by atoms with E-state index in [-0.39, 0.29) is 18.2 Å². The largest absolute Gasteiger partial charge is 0.488 e. The molecular weight excluding hydrogens is 316 g/mol. The fourth-order valence-corrected chi connectivity index (χ4v) is 4.03. The van der Waals surface area contributed by atoms with Crippen LogP contribution in [-0.4, -0.2) is 40.3 Å². The Morgan fingerprint density at radius 3 is 3.00 bits per heavy atom. The highest BCUT2D eigenvalue weighted by molar-refractivity contribution is 5.75. The Morgan fingerprint density at radius 1 is 1.40 bits per heavy atom. The van der Waals surface area contributed by atoms with Crippen molar-refractivity contribution in [1.29, 1.82) is 0 Å². The van der Waals surface area contributed by atoms with Gasteiger partial charge in [-0.2, -0.15) is 5.10 Å². The van der Waals surface area contributed by atoms with Gasteiger partial charge in [0.2, 0.25) is 0 Å². The maximum absolute atomic E-state index is 12.7. The van der Waals surface area contributed by atoms with E-state index in [9.17, 15) is 4.79 Å². The average Bonchev–Trinajstić information content (AvgIpc) is 3.31. The Balaban J connectivity index is 1.38. The van der Waals surface area contributed by atoms with Crippen molar-refractivity contribution in [2.45, 2.75) is 45.3 Å². The molecule has 1 fully saturated rings. The summed E-state index contributed by atoms with van der Waals surface area (Å²) in [6, 6.07) is 8.16. The maximum Gasteiger partial charge on any atom is 0.318 e. The summed E-state index contributed by atoms with van der Waals surface area (Å²) in [7, 11) is 0. The first-order valence-electron chi connectivity index (χ1n) is 8.94. The first-order valence-corrected chi connectivity index (χ1v) is 8.94. The molecule has 1 saturated heterocycles. The highest BCUT2D eigenvalue weighted by Gasteiger charge is 2.33. The second-order valence-corrected chi connectivity index (χ2v) is 6.94. The first kappa shape index (κ1) is 16.0. The number of aryl methyl sites for hydroxylation is 2. The Kier molecular flexibility index (Phi) is 4.11. The molecule has 0 unspecified atom stereocenters. The van der Waals surface area contributed by atoms with E-state index in [0.717, 1.165) is 48.5 Å². The van der Waals surface area contributed by atoms with Crippen molar-refractivity contribution in [3.05, 3.63) is 46.8 Å². The number of carbonyl (C=O) groups excluding carboxylic acids is 1. The molecule has 2 aliphatic heterocycles. The monoisotopic (exact) mass is 340 g/mol. The van der Waals surface area contributed by atoms with Crippen LogP contribution in [0.5, 0.6) is 5.75 Å². The van der Waals surface area contributed by atoms with Gasteiger partial charge in [-0.25, -0.2) is 4.79 Å². The number of likely N-dealkylation sites (tertiary alicyclic amines) is 1. The Labute approximate surface area is 147 Å². The van der Waals surface area contributed by atoms with Crippen molar-refractivity contribution in [1.82, 2.24) is 20.4 Å². The summed E-state index contributed by atoms with van der Waals surface area (Å²) in [6.45, 7) is 5.33. The molecule has 25 heavy (non-hydrogen) atoms. The number of amides is 2. The van der Waals surface area contributed by atoms with Gasteiger partial charge in [0.1, 0.15) is 11.9 Å². The number of H-pyrrole nitrogens is 1. The van der Waals surface area contributed by atoms with Gasteiger partial charge >= 0.3 is 6.03 Å². The lowest BCUT2D eigenvalue weighted by atomic mass is 10.0. The molecule has 0 saturated carbocycles. The van der Waals surface area contributed by atoms with Crippen molar-refractivity contribution in [3.8, 4) is 5.75 Å². The molecule has 2 atom stereocenters. The first-order chi connectivity index (χ1) is 12.1. The standard InChI is InChI=1S/C19H24N4O2/c1-12-18(13(2)22-21-12)16-7-5-9-23(16)19(24)20-11-15-10-14-6-3-4-8-17(14)25-15/h3-4,6,8,15-16H,5,7,9-11H2,1-2H3,(H,20,24)(H,21,22)/t15-,16-/m0/s1. The normalized spacial score (nSPS) is 21.9. The van der Waals surface area contributed by atoms with E-state index in [0.29, 0.717) is 6.54 Å². The van der Waals surface area contributed by atoms with Crippen LogP contribution in [0.1, 0.15) is 41.4 Å². The average molecular weight is 340 g/mol. The van der Waals surface area contributed by atoms with Gasteiger partial charge in [0.25, 0.3) is 0 Å². The van der Waals surface area contributed by atoms with Crippen LogP contribution in [0.4, 0.5) is 4.79 Å². The summed E-state index contributed by atoms with van der Waals surface area (Å²) < 4.78 is 5.91. The zero-order chi connectivity index (χ0) is 17.4. The predicted molar refractivity (Wildman–Crippen MR) is 94.7 cm³/mol. The van der Waals surface area contributed by atoms with Crippen LogP contribution in [0.25, 0.3) is 0 Å². The second-order valence-electron chi connectivity index (χ2n) is 6.94. The van der Waals surface area contributed by atoms with Crippen LogP contribution in [0, 0.1) is 13.8 Å². The van der Waals surface area contributed by atoms with Crippen LogP contribution >= 0.6 is 0 Å². The molecule has 2 amide bonds. The third-order valence-electron chi connectivity index (χ3n) is 5.23. The van der Waals surface area contributed by atoms with Crippen LogP contribution in [-0.2, 0) is 6.42 Å². The summed E-state index contributed by atoms with van der Waals surface area (Å²) in [5, 5.41) is 10.4. The molecular formula is C19H24N4O2. The molecule has 3 heterocycles. The number of hydrogen-bond donors (Lipinski definition) is 2. The molecule has 0 radical (unpaired) electrons. The number of carbonyl (C=O) groups is 1. The van der Waals surface area contributed by atoms with Gasteiger partial charge in [-0.05, 0) is 38.3 Å². The van der Waals surface area contributed by atoms with Gasteiger partial charge in [0.05, 0.1) is 18.3 Å². The minimum absolute atomic E-state index is 0.0120. The Bertz CT molecular complexity index is 741. The Morgan fingerprint density at radius 2 is 2.24 bits per heavy atom. The van der Waals surface area contributed by atoms with Crippen molar-refractivity contribution in [3.63, 3.8) is 0 Å². The van der Waals surface area contributed by atoms with Crippen LogP contribution in [0.15, 0.2) is 24.3 Å². The van der Waals surface area contributed by atoms with Gasteiger partial charge in [-0.15, -0.1) is 0 Å². The number of aromatic amines is 1. The van der Waals surface area contributed by atoms with Crippen LogP contribution < -0.4 is 10.1 Å². The molecule has 1 aromatic heterocycles. The molecule has 4 rings (SSSR count). The maximum atomic E-state index is 12.7. The number of benzene rings is 1. The summed E-state index contributed by atoms with van der Waals surface area (Å²) in [4.78, 5) is 14.7. The van der Waals surface area contributed by atoms with Gasteiger partial charge < -0.3 is 15.0 Å². The lowest BCUT2D eigenvalue weighted by molar-refractivity contribution is 0.180. The number of nitrogens with zero attached hydrogens (tertiary/aromatic N) is 2. The molecule has 6 nitrogen and oxygen atoms in total. The van der Waals surface area contributed by atoms with E-state index in [4.69, 9.17) is 4.74 Å². The van der Waals surface area contributed by atoms with Gasteiger partial charge in [-0.3, -0.25) is 5.10 Å². The van der Waals surface area contributed by atoms with Gasteiger partial charge in [0, 0.05) is 24.2 Å². The number of nitrogens with one attached hydrogen (secondary N) is 2. The number of rotatable bonds is 3. The zero-order valence-electron chi connectivity index (χ0n) is 14.7. The lowest BCUT2D eigenvalue weighted by Gasteiger charge is -2.26. The van der Waals surface area contributed by atoms with Crippen molar-refractivity contribution < 1.29 is 9.53 Å². The van der Waals surface area contributed by atoms with E-state index in [2.05, 4.69) is 21.6 Å². The SMILES string of the molecule is Cc1n[nH]c(C)c1[C@@H]1CCCN1C(=O)NC[C@@H]1Cc2ccccc2O1. The summed E-state index contributed by atoms with van der Waals surface area (Å²) in [5.41, 5.74) is 4.41. The lowest BCUT2D eigenvalue weighted by Crippen LogP contribution is -2.43. The molecule has 0 spiro atoms. The van der Waals surface area contributed by atoms with Gasteiger partial charge in [-0.1, -0.05) is 18.2 Å². The number of fused-ring (bicyclic) bond motifs is 1. The number of urea groups is 1. The quantitative estimate of drug-likeness (QED) is 0.902. The minimum Gasteiger partial charge on any atom is -0.488 e. The second kappa shape index (κ2) is 6.43. The van der Waals surface area contributed by atoms with Crippen LogP contribution in [0.3, 0.4) is 0 Å². The number of ether oxygens (including phenoxy) is 1. The van der Waals surface area contributed by atoms with Crippen molar-refractivity contribution in [2.24, 2.45) is 0 Å². The van der Waals surface area contributed by atoms with E-state index in [1.165, 1.54) is 5.56 Å². The predicted octanol–water partition coefficient (Wildman–Crippen LogP) is 2.88. The minimum atomic E-state index is -0.0120. The third-order valence-corrected chi connectivity index (χ3v) is 5.23. The van der Waals surface area contributed by atoms with E-state index in [1.54, 1.807) is 0 Å². The topological polar surface area (TPSA) is 70.2 Å². The molecule has 2 N–H and O–H groups in total. The molecule has 132 valence electrons. The van der Waals surface area contributed by atoms with Crippen LogP contribution in [0.2, 0.25) is 0 Å². The Hall–Kier alpha value is -2.50. The molecule has 0 aliphatic carbocycles. The fraction of sp³-hybridized carbons (Fsp3) is 0.474. The summed E-state index contributed by atoms with van der Waals surface area (Å²) in [6.07, 6.45) is 2.87. The fourth-order valence-electron chi connectivity index (χ4n) is 4.03. The zero-order valence-corrected chi connectivity index (χ0v) is 14.7. The van der Waals surface area contributed by atoms with Crippen molar-refractivity contribution >= 4 is 6.03 Å². The smallest absolute Gasteiger partial charge is 0.318 e. The van der Waals surface area contributed by atoms with Crippen molar-refractivity contribution in [2.75, 3.05) is 13.1 Å². The summed E-state index contributed by atoms with van der Waals surface area (Å²) >= 11 is 0. The highest BCUT2D eigenvalue weighted by atomic mass is 16.5. The molecule has 2 aromatic rings. The van der Waals surface area contributed by atoms with E-state index < -0.39 is 0 Å². The number of para-hydroxylation sites is 1. The van der Waals surface area contributed by atoms with E-state index >= 15 is 0 Å². The highest BCUT2D eigenvalue weighted by Crippen LogP contribution is 2.35. The molecule has 2 aliphatic rings. The van der Waals surface area contributed by atoms with E-state index in [1.807, 2.05) is 36.9 Å². The molecule has 0 bridgehead atoms. The molecule has 6 heteroatoms. The third kappa shape index (κ3) is 2.97. The molecule has 1 aromatic carbocycles. The summed E-state index contributed by atoms with van der Waals surface area (Å²) in [5.74, 6) is 0.936. The van der Waals surface area contributed by atoms with Gasteiger partial charge in [0.15, 0.2) is 0 Å². The number of hydrogen-bond acceptors (Lipinski definition) is 3.